The fourth-order valence-electron chi connectivity index (χ4n) is 2.79. The molecule has 6 nitrogen and oxygen atoms in total. The second-order valence-corrected chi connectivity index (χ2v) is 5.40. The summed E-state index contributed by atoms with van der Waals surface area (Å²) in [5.41, 5.74) is 1.83. The minimum absolute atomic E-state index is 0.114. The van der Waals surface area contributed by atoms with Crippen molar-refractivity contribution < 1.29 is 14.4 Å². The first-order valence-corrected chi connectivity index (χ1v) is 7.09. The van der Waals surface area contributed by atoms with Crippen LogP contribution in [0.1, 0.15) is 12.8 Å². The van der Waals surface area contributed by atoms with Crippen molar-refractivity contribution in [2.24, 2.45) is 5.92 Å². The lowest BCUT2D eigenvalue weighted by Gasteiger charge is -2.27. The molecule has 1 N–H and O–H groups in total. The second kappa shape index (κ2) is 5.55. The zero-order valence-corrected chi connectivity index (χ0v) is 11.6. The molecule has 6 heteroatoms. The number of imide groups is 1. The van der Waals surface area contributed by atoms with E-state index >= 15 is 0 Å². The van der Waals surface area contributed by atoms with Crippen LogP contribution in [-0.2, 0) is 9.59 Å². The Balaban J connectivity index is 1.71. The first-order chi connectivity index (χ1) is 10.2. The summed E-state index contributed by atoms with van der Waals surface area (Å²) in [6.07, 6.45) is 2.23. The van der Waals surface area contributed by atoms with Gasteiger partial charge in [-0.2, -0.15) is 0 Å². The highest BCUT2D eigenvalue weighted by molar-refractivity contribution is 6.05. The molecule has 0 saturated carbocycles. The van der Waals surface area contributed by atoms with Gasteiger partial charge in [0.2, 0.25) is 5.91 Å². The molecule has 1 aromatic rings. The van der Waals surface area contributed by atoms with E-state index < -0.39 is 0 Å². The molecule has 2 aliphatic heterocycles. The average molecular weight is 287 g/mol. The Morgan fingerprint density at radius 3 is 2.43 bits per heavy atom. The molecule has 3 rings (SSSR count). The lowest BCUT2D eigenvalue weighted by Crippen LogP contribution is -2.49. The average Bonchev–Trinajstić information content (AvgIpc) is 2.96. The minimum atomic E-state index is -0.374. The number of anilines is 2. The maximum absolute atomic E-state index is 11.8. The van der Waals surface area contributed by atoms with Gasteiger partial charge in [0.15, 0.2) is 0 Å². The third-order valence-electron chi connectivity index (χ3n) is 4.00. The quantitative estimate of drug-likeness (QED) is 0.847. The molecular weight excluding hydrogens is 270 g/mol. The number of hydrogen-bond donors (Lipinski definition) is 1. The number of nitrogens with zero attached hydrogens (tertiary/aromatic N) is 2. The minimum Gasteiger partial charge on any atom is -0.371 e. The summed E-state index contributed by atoms with van der Waals surface area (Å²) < 4.78 is 0. The van der Waals surface area contributed by atoms with Crippen molar-refractivity contribution in [2.75, 3.05) is 29.4 Å². The highest BCUT2D eigenvalue weighted by Gasteiger charge is 2.25. The molecule has 0 aromatic heterocycles. The first kappa shape index (κ1) is 13.6. The normalized spacial score (nSPS) is 22.4. The Morgan fingerprint density at radius 2 is 1.81 bits per heavy atom. The van der Waals surface area contributed by atoms with Gasteiger partial charge >= 0.3 is 6.03 Å². The van der Waals surface area contributed by atoms with Crippen LogP contribution in [0.15, 0.2) is 24.3 Å². The third kappa shape index (κ3) is 2.74. The predicted octanol–water partition coefficient (Wildman–Crippen LogP) is 1.16. The van der Waals surface area contributed by atoms with Gasteiger partial charge in [0.1, 0.15) is 6.29 Å². The largest absolute Gasteiger partial charge is 0.371 e. The van der Waals surface area contributed by atoms with Gasteiger partial charge < -0.3 is 9.69 Å². The van der Waals surface area contributed by atoms with E-state index in [1.165, 1.54) is 0 Å². The van der Waals surface area contributed by atoms with Gasteiger partial charge in [-0.1, -0.05) is 0 Å². The van der Waals surface area contributed by atoms with Crippen LogP contribution in [0.4, 0.5) is 16.2 Å². The van der Waals surface area contributed by atoms with Gasteiger partial charge in [0.05, 0.1) is 0 Å². The van der Waals surface area contributed by atoms with Gasteiger partial charge in [-0.25, -0.2) is 4.79 Å². The highest BCUT2D eigenvalue weighted by Crippen LogP contribution is 2.26. The van der Waals surface area contributed by atoms with Crippen molar-refractivity contribution in [3.05, 3.63) is 24.3 Å². The molecule has 1 unspecified atom stereocenters. The SMILES string of the molecule is O=CC1CCN(c2ccc(N3CCC(=O)NC3=O)cc2)C1. The first-order valence-electron chi connectivity index (χ1n) is 7.09. The van der Waals surface area contributed by atoms with Crippen molar-refractivity contribution in [3.8, 4) is 0 Å². The van der Waals surface area contributed by atoms with E-state index in [0.29, 0.717) is 13.0 Å². The molecule has 1 aromatic carbocycles. The molecule has 1 atom stereocenters. The van der Waals surface area contributed by atoms with E-state index in [9.17, 15) is 14.4 Å². The van der Waals surface area contributed by atoms with Crippen LogP contribution in [0.3, 0.4) is 0 Å². The van der Waals surface area contributed by atoms with Gasteiger partial charge in [-0.05, 0) is 30.7 Å². The van der Waals surface area contributed by atoms with E-state index in [4.69, 9.17) is 0 Å². The number of hydrogen-bond acceptors (Lipinski definition) is 4. The summed E-state index contributed by atoms with van der Waals surface area (Å²) in [5.74, 6) is -0.117. The lowest BCUT2D eigenvalue weighted by atomic mass is 10.1. The monoisotopic (exact) mass is 287 g/mol. The van der Waals surface area contributed by atoms with Crippen molar-refractivity contribution in [3.63, 3.8) is 0 Å². The van der Waals surface area contributed by atoms with E-state index in [-0.39, 0.29) is 17.9 Å². The van der Waals surface area contributed by atoms with Gasteiger partial charge in [0, 0.05) is 43.3 Å². The summed E-state index contributed by atoms with van der Waals surface area (Å²) in [7, 11) is 0. The van der Waals surface area contributed by atoms with E-state index in [1.807, 2.05) is 24.3 Å². The van der Waals surface area contributed by atoms with E-state index in [0.717, 1.165) is 37.2 Å². The van der Waals surface area contributed by atoms with Crippen LogP contribution in [0.2, 0.25) is 0 Å². The van der Waals surface area contributed by atoms with Crippen molar-refractivity contribution >= 4 is 29.6 Å². The van der Waals surface area contributed by atoms with Gasteiger partial charge in [0.25, 0.3) is 0 Å². The molecule has 0 radical (unpaired) electrons. The van der Waals surface area contributed by atoms with Crippen molar-refractivity contribution in [2.45, 2.75) is 12.8 Å². The number of carbonyl (C=O) groups excluding carboxylic acids is 3. The second-order valence-electron chi connectivity index (χ2n) is 5.40. The molecule has 21 heavy (non-hydrogen) atoms. The predicted molar refractivity (Wildman–Crippen MR) is 78.3 cm³/mol. The fourth-order valence-corrected chi connectivity index (χ4v) is 2.79. The summed E-state index contributed by atoms with van der Waals surface area (Å²) in [6.45, 7) is 2.03. The number of aldehydes is 1. The van der Waals surface area contributed by atoms with Crippen LogP contribution < -0.4 is 15.1 Å². The Labute approximate surface area is 122 Å². The Kier molecular flexibility index (Phi) is 3.60. The Hall–Kier alpha value is -2.37. The third-order valence-corrected chi connectivity index (χ3v) is 4.00. The topological polar surface area (TPSA) is 69.7 Å². The fraction of sp³-hybridized carbons (Fsp3) is 0.400. The van der Waals surface area contributed by atoms with Crippen molar-refractivity contribution in [1.29, 1.82) is 0 Å². The molecule has 0 spiro atoms. The Bertz CT molecular complexity index is 570. The van der Waals surface area contributed by atoms with Crippen LogP contribution >= 0.6 is 0 Å². The molecule has 110 valence electrons. The van der Waals surface area contributed by atoms with E-state index in [2.05, 4.69) is 10.2 Å². The molecule has 0 aliphatic carbocycles. The number of rotatable bonds is 3. The molecule has 2 saturated heterocycles. The highest BCUT2D eigenvalue weighted by atomic mass is 16.2. The number of benzene rings is 1. The van der Waals surface area contributed by atoms with Crippen molar-refractivity contribution in [1.82, 2.24) is 5.32 Å². The molecule has 0 bridgehead atoms. The molecule has 2 fully saturated rings. The summed E-state index contributed by atoms with van der Waals surface area (Å²) in [4.78, 5) is 37.4. The summed E-state index contributed by atoms with van der Waals surface area (Å²) >= 11 is 0. The lowest BCUT2D eigenvalue weighted by molar-refractivity contribution is -0.120. The zero-order valence-electron chi connectivity index (χ0n) is 11.6. The Morgan fingerprint density at radius 1 is 1.10 bits per heavy atom. The van der Waals surface area contributed by atoms with Gasteiger partial charge in [-0.15, -0.1) is 0 Å². The van der Waals surface area contributed by atoms with Crippen LogP contribution in [-0.4, -0.2) is 37.9 Å². The summed E-state index contributed by atoms with van der Waals surface area (Å²) in [5, 5.41) is 2.31. The van der Waals surface area contributed by atoms with Gasteiger partial charge in [-0.3, -0.25) is 15.0 Å². The maximum Gasteiger partial charge on any atom is 0.328 e. The summed E-state index contributed by atoms with van der Waals surface area (Å²) in [6, 6.07) is 7.28. The molecule has 2 heterocycles. The number of urea groups is 1. The number of nitrogens with one attached hydrogen (secondary N) is 1. The van der Waals surface area contributed by atoms with Crippen LogP contribution in [0.5, 0.6) is 0 Å². The maximum atomic E-state index is 11.8. The smallest absolute Gasteiger partial charge is 0.328 e. The van der Waals surface area contributed by atoms with Crippen LogP contribution in [0.25, 0.3) is 0 Å². The zero-order chi connectivity index (χ0) is 14.8. The molecule has 2 aliphatic rings. The standard InChI is InChI=1S/C15H17N3O3/c19-10-11-5-7-17(9-11)12-1-3-13(4-2-12)18-8-6-14(20)16-15(18)21/h1-4,10-11H,5-9H2,(H,16,20,21). The van der Waals surface area contributed by atoms with E-state index in [1.54, 1.807) is 4.90 Å². The number of amides is 3. The molecule has 3 amide bonds. The molecular formula is C15H17N3O3. The number of carbonyl (C=O) groups is 3. The van der Waals surface area contributed by atoms with Crippen LogP contribution in [0, 0.1) is 5.92 Å².